The summed E-state index contributed by atoms with van der Waals surface area (Å²) in [6.07, 6.45) is 0.364. The molecular weight excluding hydrogens is 245 g/mol. The highest BCUT2D eigenvalue weighted by atomic mass is 32.2. The zero-order valence-electron chi connectivity index (χ0n) is 9.56. The SMILES string of the molecule is CC(CCO)NS(=O)(=O)Cc1ccc(F)cc1. The van der Waals surface area contributed by atoms with Crippen LogP contribution in [-0.4, -0.2) is 26.2 Å². The fourth-order valence-corrected chi connectivity index (χ4v) is 2.85. The number of aliphatic hydroxyl groups is 1. The highest BCUT2D eigenvalue weighted by Crippen LogP contribution is 2.07. The van der Waals surface area contributed by atoms with Crippen LogP contribution in [0.2, 0.25) is 0 Å². The molecule has 96 valence electrons. The van der Waals surface area contributed by atoms with Gasteiger partial charge in [0, 0.05) is 12.6 Å². The lowest BCUT2D eigenvalue weighted by molar-refractivity contribution is 0.275. The predicted octanol–water partition coefficient (Wildman–Crippen LogP) is 1.02. The minimum absolute atomic E-state index is 0.0692. The van der Waals surface area contributed by atoms with E-state index in [9.17, 15) is 12.8 Å². The molecule has 2 N–H and O–H groups in total. The molecular formula is C11H16FNO3S. The smallest absolute Gasteiger partial charge is 0.216 e. The van der Waals surface area contributed by atoms with Crippen LogP contribution in [0, 0.1) is 5.82 Å². The van der Waals surface area contributed by atoms with Crippen LogP contribution in [-0.2, 0) is 15.8 Å². The van der Waals surface area contributed by atoms with Gasteiger partial charge in [-0.2, -0.15) is 0 Å². The molecule has 0 bridgehead atoms. The van der Waals surface area contributed by atoms with E-state index in [0.29, 0.717) is 12.0 Å². The molecule has 1 aromatic rings. The maximum absolute atomic E-state index is 12.6. The summed E-state index contributed by atoms with van der Waals surface area (Å²) in [5, 5.41) is 8.68. The number of hydrogen-bond acceptors (Lipinski definition) is 3. The van der Waals surface area contributed by atoms with E-state index < -0.39 is 15.8 Å². The highest BCUT2D eigenvalue weighted by Gasteiger charge is 2.14. The van der Waals surface area contributed by atoms with E-state index in [1.165, 1.54) is 24.3 Å². The Hall–Kier alpha value is -0.980. The van der Waals surface area contributed by atoms with E-state index in [4.69, 9.17) is 5.11 Å². The Morgan fingerprint density at radius 2 is 1.94 bits per heavy atom. The zero-order valence-corrected chi connectivity index (χ0v) is 10.4. The number of halogens is 1. The van der Waals surface area contributed by atoms with Gasteiger partial charge in [-0.1, -0.05) is 12.1 Å². The van der Waals surface area contributed by atoms with Gasteiger partial charge in [-0.15, -0.1) is 0 Å². The Morgan fingerprint density at radius 1 is 1.35 bits per heavy atom. The summed E-state index contributed by atoms with van der Waals surface area (Å²) in [7, 11) is -3.45. The molecule has 0 aliphatic heterocycles. The monoisotopic (exact) mass is 261 g/mol. The van der Waals surface area contributed by atoms with Crippen molar-refractivity contribution in [3.63, 3.8) is 0 Å². The van der Waals surface area contributed by atoms with E-state index in [2.05, 4.69) is 4.72 Å². The second-order valence-corrected chi connectivity index (χ2v) is 5.67. The standard InChI is InChI=1S/C11H16FNO3S/c1-9(6-7-14)13-17(15,16)8-10-2-4-11(12)5-3-10/h2-5,9,13-14H,6-8H2,1H3. The quantitative estimate of drug-likeness (QED) is 0.803. The first-order valence-corrected chi connectivity index (χ1v) is 6.93. The van der Waals surface area contributed by atoms with Gasteiger partial charge in [-0.3, -0.25) is 0 Å². The number of nitrogens with one attached hydrogen (secondary N) is 1. The summed E-state index contributed by atoms with van der Waals surface area (Å²) in [5.74, 6) is -0.587. The van der Waals surface area contributed by atoms with Crippen molar-refractivity contribution in [3.8, 4) is 0 Å². The predicted molar refractivity (Wildman–Crippen MR) is 63.3 cm³/mol. The Bertz CT molecular complexity index is 444. The van der Waals surface area contributed by atoms with Crippen molar-refractivity contribution < 1.29 is 17.9 Å². The maximum atomic E-state index is 12.6. The molecule has 0 heterocycles. The summed E-state index contributed by atoms with van der Waals surface area (Å²) in [4.78, 5) is 0. The number of rotatable bonds is 6. The summed E-state index contributed by atoms with van der Waals surface area (Å²) >= 11 is 0. The first-order chi connectivity index (χ1) is 7.93. The van der Waals surface area contributed by atoms with Crippen molar-refractivity contribution in [2.45, 2.75) is 25.1 Å². The largest absolute Gasteiger partial charge is 0.396 e. The van der Waals surface area contributed by atoms with Gasteiger partial charge in [0.15, 0.2) is 0 Å². The lowest BCUT2D eigenvalue weighted by Gasteiger charge is -2.12. The van der Waals surface area contributed by atoms with Gasteiger partial charge in [0.2, 0.25) is 10.0 Å². The van der Waals surface area contributed by atoms with Gasteiger partial charge in [0.1, 0.15) is 5.82 Å². The molecule has 1 rings (SSSR count). The van der Waals surface area contributed by atoms with Gasteiger partial charge in [-0.25, -0.2) is 17.5 Å². The molecule has 0 aliphatic carbocycles. The van der Waals surface area contributed by atoms with Crippen LogP contribution in [0.1, 0.15) is 18.9 Å². The average Bonchev–Trinajstić information content (AvgIpc) is 2.20. The topological polar surface area (TPSA) is 66.4 Å². The molecule has 6 heteroatoms. The summed E-state index contributed by atoms with van der Waals surface area (Å²) in [6.45, 7) is 1.61. The van der Waals surface area contributed by atoms with Gasteiger partial charge in [0.05, 0.1) is 5.75 Å². The van der Waals surface area contributed by atoms with Crippen LogP contribution in [0.15, 0.2) is 24.3 Å². The molecule has 0 aliphatic rings. The normalized spacial score (nSPS) is 13.6. The Balaban J connectivity index is 2.63. The minimum Gasteiger partial charge on any atom is -0.396 e. The van der Waals surface area contributed by atoms with Gasteiger partial charge < -0.3 is 5.11 Å². The molecule has 0 saturated heterocycles. The van der Waals surface area contributed by atoms with Gasteiger partial charge in [-0.05, 0) is 31.0 Å². The second kappa shape index (κ2) is 6.09. The summed E-state index contributed by atoms with van der Waals surface area (Å²) in [6, 6.07) is 5.01. The Morgan fingerprint density at radius 3 is 2.47 bits per heavy atom. The third-order valence-electron chi connectivity index (χ3n) is 2.21. The van der Waals surface area contributed by atoms with Crippen molar-refractivity contribution in [1.29, 1.82) is 0 Å². The molecule has 1 atom stereocenters. The first kappa shape index (κ1) is 14.1. The molecule has 0 aromatic heterocycles. The lowest BCUT2D eigenvalue weighted by Crippen LogP contribution is -2.34. The first-order valence-electron chi connectivity index (χ1n) is 5.28. The fraction of sp³-hybridized carbons (Fsp3) is 0.455. The van der Waals surface area contributed by atoms with Crippen LogP contribution in [0.4, 0.5) is 4.39 Å². The van der Waals surface area contributed by atoms with E-state index in [1.807, 2.05) is 0 Å². The maximum Gasteiger partial charge on any atom is 0.216 e. The van der Waals surface area contributed by atoms with E-state index >= 15 is 0 Å². The Kier molecular flexibility index (Phi) is 5.04. The van der Waals surface area contributed by atoms with Crippen molar-refractivity contribution in [2.24, 2.45) is 0 Å². The third kappa shape index (κ3) is 5.25. The van der Waals surface area contributed by atoms with E-state index in [0.717, 1.165) is 0 Å². The molecule has 0 fully saturated rings. The van der Waals surface area contributed by atoms with Crippen LogP contribution >= 0.6 is 0 Å². The highest BCUT2D eigenvalue weighted by molar-refractivity contribution is 7.88. The minimum atomic E-state index is -3.45. The molecule has 4 nitrogen and oxygen atoms in total. The molecule has 17 heavy (non-hydrogen) atoms. The zero-order chi connectivity index (χ0) is 12.9. The lowest BCUT2D eigenvalue weighted by atomic mass is 10.2. The van der Waals surface area contributed by atoms with Crippen molar-refractivity contribution >= 4 is 10.0 Å². The molecule has 1 unspecified atom stereocenters. The van der Waals surface area contributed by atoms with E-state index in [-0.39, 0.29) is 18.4 Å². The Labute approximate surface area is 101 Å². The van der Waals surface area contributed by atoms with Gasteiger partial charge >= 0.3 is 0 Å². The molecule has 1 aromatic carbocycles. The summed E-state index contributed by atoms with van der Waals surface area (Å²) < 4.78 is 38.4. The van der Waals surface area contributed by atoms with Crippen molar-refractivity contribution in [3.05, 3.63) is 35.6 Å². The summed E-state index contributed by atoms with van der Waals surface area (Å²) in [5.41, 5.74) is 0.523. The number of hydrogen-bond donors (Lipinski definition) is 2. The van der Waals surface area contributed by atoms with Crippen LogP contribution in [0.25, 0.3) is 0 Å². The average molecular weight is 261 g/mol. The third-order valence-corrected chi connectivity index (χ3v) is 3.69. The van der Waals surface area contributed by atoms with Crippen molar-refractivity contribution in [1.82, 2.24) is 4.72 Å². The molecule has 0 saturated carbocycles. The number of benzene rings is 1. The van der Waals surface area contributed by atoms with Gasteiger partial charge in [0.25, 0.3) is 0 Å². The molecule has 0 amide bonds. The van der Waals surface area contributed by atoms with Crippen LogP contribution in [0.5, 0.6) is 0 Å². The number of sulfonamides is 1. The van der Waals surface area contributed by atoms with E-state index in [1.54, 1.807) is 6.92 Å². The second-order valence-electron chi connectivity index (χ2n) is 3.92. The molecule has 0 spiro atoms. The molecule has 0 radical (unpaired) electrons. The van der Waals surface area contributed by atoms with Crippen LogP contribution in [0.3, 0.4) is 0 Å². The van der Waals surface area contributed by atoms with Crippen molar-refractivity contribution in [2.75, 3.05) is 6.61 Å². The fourth-order valence-electron chi connectivity index (χ4n) is 1.40. The van der Waals surface area contributed by atoms with Crippen LogP contribution < -0.4 is 4.72 Å². The number of aliphatic hydroxyl groups excluding tert-OH is 1.